The third-order valence-corrected chi connectivity index (χ3v) is 6.98. The number of carbonyl (C=O) groups is 2. The number of halogens is 2. The van der Waals surface area contributed by atoms with Gasteiger partial charge >= 0.3 is 0 Å². The Bertz CT molecular complexity index is 1090. The first-order valence-electron chi connectivity index (χ1n) is 10.00. The highest BCUT2D eigenvalue weighted by Crippen LogP contribution is 2.28. The molecule has 0 spiro atoms. The molecule has 0 saturated heterocycles. The summed E-state index contributed by atoms with van der Waals surface area (Å²) in [6, 6.07) is 11.5. The van der Waals surface area contributed by atoms with Crippen molar-refractivity contribution < 1.29 is 18.0 Å². The summed E-state index contributed by atoms with van der Waals surface area (Å²) in [6.07, 6.45) is 1.03. The molecule has 0 aliphatic rings. The number of hydrogen-bond donors (Lipinski definition) is 1. The molecule has 2 aromatic carbocycles. The molecule has 0 heterocycles. The van der Waals surface area contributed by atoms with Crippen LogP contribution >= 0.6 is 27.5 Å². The summed E-state index contributed by atoms with van der Waals surface area (Å²) in [5, 5.41) is 3.11. The molecular weight excluding hydrogens is 518 g/mol. The predicted octanol–water partition coefficient (Wildman–Crippen LogP) is 3.73. The largest absolute Gasteiger partial charge is 0.355 e. The Hall–Kier alpha value is -2.10. The van der Waals surface area contributed by atoms with Crippen molar-refractivity contribution in [2.45, 2.75) is 33.4 Å². The zero-order chi connectivity index (χ0) is 24.1. The van der Waals surface area contributed by atoms with E-state index in [4.69, 9.17) is 11.6 Å². The van der Waals surface area contributed by atoms with E-state index < -0.39 is 28.5 Å². The lowest BCUT2D eigenvalue weighted by molar-refractivity contribution is -0.139. The van der Waals surface area contributed by atoms with E-state index >= 15 is 0 Å². The first kappa shape index (κ1) is 26.2. The van der Waals surface area contributed by atoms with Crippen LogP contribution in [0.25, 0.3) is 0 Å². The molecule has 7 nitrogen and oxygen atoms in total. The Morgan fingerprint density at radius 1 is 1.19 bits per heavy atom. The summed E-state index contributed by atoms with van der Waals surface area (Å²) >= 11 is 9.59. The van der Waals surface area contributed by atoms with Gasteiger partial charge in [0.15, 0.2) is 0 Å². The van der Waals surface area contributed by atoms with Crippen molar-refractivity contribution in [2.24, 2.45) is 0 Å². The molecule has 0 unspecified atom stereocenters. The highest BCUT2D eigenvalue weighted by molar-refractivity contribution is 9.10. The van der Waals surface area contributed by atoms with Crippen LogP contribution in [-0.4, -0.2) is 50.5 Å². The molecule has 0 aliphatic heterocycles. The van der Waals surface area contributed by atoms with Crippen LogP contribution in [0, 0.1) is 6.92 Å². The van der Waals surface area contributed by atoms with Crippen molar-refractivity contribution in [3.8, 4) is 0 Å². The summed E-state index contributed by atoms with van der Waals surface area (Å²) in [5.74, 6) is -0.825. The van der Waals surface area contributed by atoms with Crippen LogP contribution in [0.3, 0.4) is 0 Å². The van der Waals surface area contributed by atoms with Crippen LogP contribution < -0.4 is 9.62 Å². The molecular formula is C22H27BrClN3O4S. The zero-order valence-electron chi connectivity index (χ0n) is 18.4. The van der Waals surface area contributed by atoms with Crippen LogP contribution in [-0.2, 0) is 26.2 Å². The van der Waals surface area contributed by atoms with Gasteiger partial charge in [0, 0.05) is 22.6 Å². The summed E-state index contributed by atoms with van der Waals surface area (Å²) in [5.41, 5.74) is 1.66. The second-order valence-corrected chi connectivity index (χ2v) is 10.6. The molecule has 0 fully saturated rings. The van der Waals surface area contributed by atoms with Crippen molar-refractivity contribution >= 4 is 55.1 Å². The first-order valence-corrected chi connectivity index (χ1v) is 13.0. The van der Waals surface area contributed by atoms with Crippen LogP contribution in [0.2, 0.25) is 5.02 Å². The minimum Gasteiger partial charge on any atom is -0.355 e. The number of hydrogen-bond acceptors (Lipinski definition) is 4. The van der Waals surface area contributed by atoms with E-state index in [0.717, 1.165) is 20.6 Å². The average Bonchev–Trinajstić information content (AvgIpc) is 2.71. The van der Waals surface area contributed by atoms with Gasteiger partial charge in [0.25, 0.3) is 0 Å². The van der Waals surface area contributed by atoms with Gasteiger partial charge in [0.2, 0.25) is 21.8 Å². The number of amides is 2. The van der Waals surface area contributed by atoms with E-state index in [1.165, 1.54) is 4.90 Å². The van der Waals surface area contributed by atoms with E-state index in [0.29, 0.717) is 22.8 Å². The van der Waals surface area contributed by atoms with Crippen molar-refractivity contribution in [1.82, 2.24) is 10.2 Å². The molecule has 2 amide bonds. The Balaban J connectivity index is 2.43. The van der Waals surface area contributed by atoms with E-state index in [2.05, 4.69) is 21.2 Å². The lowest BCUT2D eigenvalue weighted by Gasteiger charge is -2.32. The van der Waals surface area contributed by atoms with Gasteiger partial charge in [-0.2, -0.15) is 0 Å². The maximum atomic E-state index is 13.4. The Morgan fingerprint density at radius 3 is 2.44 bits per heavy atom. The van der Waals surface area contributed by atoms with Crippen molar-refractivity contribution in [3.63, 3.8) is 0 Å². The molecule has 2 rings (SSSR count). The number of likely N-dealkylation sites (N-methyl/N-ethyl adjacent to an activating group) is 1. The number of carbonyl (C=O) groups excluding carboxylic acids is 2. The van der Waals surface area contributed by atoms with Gasteiger partial charge in [-0.05, 0) is 56.2 Å². The number of anilines is 1. The van der Waals surface area contributed by atoms with Gasteiger partial charge in [-0.3, -0.25) is 13.9 Å². The maximum absolute atomic E-state index is 13.4. The molecule has 2 aromatic rings. The molecule has 1 atom stereocenters. The molecule has 0 aliphatic carbocycles. The van der Waals surface area contributed by atoms with E-state index in [1.807, 2.05) is 24.3 Å². The summed E-state index contributed by atoms with van der Waals surface area (Å²) in [6.45, 7) is 5.20. The van der Waals surface area contributed by atoms with E-state index in [1.54, 1.807) is 39.0 Å². The molecule has 32 heavy (non-hydrogen) atoms. The highest BCUT2D eigenvalue weighted by atomic mass is 79.9. The fraction of sp³-hybridized carbons (Fsp3) is 0.364. The van der Waals surface area contributed by atoms with Gasteiger partial charge in [-0.25, -0.2) is 8.42 Å². The molecule has 0 bridgehead atoms. The quantitative estimate of drug-likeness (QED) is 0.521. The minimum absolute atomic E-state index is 0.142. The molecule has 0 saturated carbocycles. The second-order valence-electron chi connectivity index (χ2n) is 7.38. The van der Waals surface area contributed by atoms with Gasteiger partial charge in [0.05, 0.1) is 11.9 Å². The number of sulfonamides is 1. The standard InChI is InChI=1S/C22H27BrClN3O4S/c1-5-25-22(29)16(3)26(13-17-8-6-9-18(23)12-17)21(28)14-27(32(4,30)31)20-11-7-10-19(24)15(20)2/h6-12,16H,5,13-14H2,1-4H3,(H,25,29)/t16-/m1/s1. The van der Waals surface area contributed by atoms with Crippen LogP contribution in [0.1, 0.15) is 25.0 Å². The zero-order valence-corrected chi connectivity index (χ0v) is 21.6. The normalized spacial score (nSPS) is 12.2. The summed E-state index contributed by atoms with van der Waals surface area (Å²) in [4.78, 5) is 27.3. The molecule has 1 N–H and O–H groups in total. The SMILES string of the molecule is CCNC(=O)[C@@H](C)N(Cc1cccc(Br)c1)C(=O)CN(c1cccc(Cl)c1C)S(C)(=O)=O. The van der Waals surface area contributed by atoms with Crippen LogP contribution in [0.5, 0.6) is 0 Å². The second kappa shape index (κ2) is 11.2. The summed E-state index contributed by atoms with van der Waals surface area (Å²) < 4.78 is 27.0. The van der Waals surface area contributed by atoms with Crippen molar-refractivity contribution in [1.29, 1.82) is 0 Å². The maximum Gasteiger partial charge on any atom is 0.244 e. The van der Waals surface area contributed by atoms with Gasteiger partial charge in [-0.1, -0.05) is 45.7 Å². The number of nitrogens with zero attached hydrogens (tertiary/aromatic N) is 2. The van der Waals surface area contributed by atoms with Crippen molar-refractivity contribution in [2.75, 3.05) is 23.7 Å². The minimum atomic E-state index is -3.80. The third-order valence-electron chi connectivity index (χ3n) is 4.95. The Morgan fingerprint density at radius 2 is 1.84 bits per heavy atom. The van der Waals surface area contributed by atoms with Crippen LogP contribution in [0.4, 0.5) is 5.69 Å². The highest BCUT2D eigenvalue weighted by Gasteiger charge is 2.30. The van der Waals surface area contributed by atoms with Crippen LogP contribution in [0.15, 0.2) is 46.9 Å². The van der Waals surface area contributed by atoms with E-state index in [9.17, 15) is 18.0 Å². The number of benzene rings is 2. The Labute approximate surface area is 202 Å². The lowest BCUT2D eigenvalue weighted by atomic mass is 10.1. The van der Waals surface area contributed by atoms with Crippen molar-refractivity contribution in [3.05, 3.63) is 63.1 Å². The summed E-state index contributed by atoms with van der Waals surface area (Å²) in [7, 11) is -3.80. The third kappa shape index (κ3) is 6.70. The molecule has 174 valence electrons. The fourth-order valence-corrected chi connectivity index (χ4v) is 4.71. The molecule has 0 aromatic heterocycles. The first-order chi connectivity index (χ1) is 15.0. The molecule has 0 radical (unpaired) electrons. The fourth-order valence-electron chi connectivity index (χ4n) is 3.20. The van der Waals surface area contributed by atoms with E-state index in [-0.39, 0.29) is 12.5 Å². The average molecular weight is 545 g/mol. The number of nitrogens with one attached hydrogen (secondary N) is 1. The lowest BCUT2D eigenvalue weighted by Crippen LogP contribution is -2.51. The smallest absolute Gasteiger partial charge is 0.244 e. The predicted molar refractivity (Wildman–Crippen MR) is 131 cm³/mol. The van der Waals surface area contributed by atoms with Gasteiger partial charge in [-0.15, -0.1) is 0 Å². The van der Waals surface area contributed by atoms with Gasteiger partial charge in [0.1, 0.15) is 12.6 Å². The Kier molecular flexibility index (Phi) is 9.12. The number of rotatable bonds is 9. The topological polar surface area (TPSA) is 86.8 Å². The van der Waals surface area contributed by atoms with Gasteiger partial charge < -0.3 is 10.2 Å². The molecule has 10 heteroatoms. The monoisotopic (exact) mass is 543 g/mol.